The standard InChI is InChI=1S/C18H24N2O3S/c1-20-13-10-14(22-2)15(23-3)11-16(13)24-18(20)19-17(21)9-12-7-5-4-6-8-12/h10-12H,4-9H2,1-3H3. The highest BCUT2D eigenvalue weighted by Gasteiger charge is 2.17. The molecule has 1 aromatic heterocycles. The van der Waals surface area contributed by atoms with E-state index >= 15 is 0 Å². The number of amides is 1. The van der Waals surface area contributed by atoms with E-state index in [9.17, 15) is 4.79 Å². The molecule has 1 aliphatic rings. The maximum atomic E-state index is 12.3. The van der Waals surface area contributed by atoms with Crippen LogP contribution in [-0.2, 0) is 11.8 Å². The molecule has 130 valence electrons. The Morgan fingerprint density at radius 3 is 2.54 bits per heavy atom. The number of hydrogen-bond acceptors (Lipinski definition) is 4. The molecule has 0 N–H and O–H groups in total. The molecule has 1 amide bonds. The molecule has 0 unspecified atom stereocenters. The fourth-order valence-electron chi connectivity index (χ4n) is 3.35. The van der Waals surface area contributed by atoms with E-state index in [1.165, 1.54) is 30.6 Å². The Labute approximate surface area is 145 Å². The predicted molar refractivity (Wildman–Crippen MR) is 95.7 cm³/mol. The number of thiazole rings is 1. The van der Waals surface area contributed by atoms with Gasteiger partial charge in [-0.05, 0) is 18.8 Å². The van der Waals surface area contributed by atoms with Crippen molar-refractivity contribution < 1.29 is 14.3 Å². The van der Waals surface area contributed by atoms with E-state index in [4.69, 9.17) is 9.47 Å². The Morgan fingerprint density at radius 1 is 1.21 bits per heavy atom. The summed E-state index contributed by atoms with van der Waals surface area (Å²) in [6.45, 7) is 0. The Morgan fingerprint density at radius 2 is 1.88 bits per heavy atom. The second-order valence-electron chi connectivity index (χ2n) is 6.33. The van der Waals surface area contributed by atoms with Crippen LogP contribution in [0, 0.1) is 5.92 Å². The molecular weight excluding hydrogens is 324 g/mol. The summed E-state index contributed by atoms with van der Waals surface area (Å²) in [5.74, 6) is 1.86. The lowest BCUT2D eigenvalue weighted by atomic mass is 9.87. The summed E-state index contributed by atoms with van der Waals surface area (Å²) in [6.07, 6.45) is 6.68. The maximum Gasteiger partial charge on any atom is 0.248 e. The molecule has 5 nitrogen and oxygen atoms in total. The molecule has 1 saturated carbocycles. The monoisotopic (exact) mass is 348 g/mol. The van der Waals surface area contributed by atoms with Crippen molar-refractivity contribution >= 4 is 27.5 Å². The number of aromatic nitrogens is 1. The molecule has 24 heavy (non-hydrogen) atoms. The average Bonchev–Trinajstić information content (AvgIpc) is 2.89. The van der Waals surface area contributed by atoms with Crippen LogP contribution >= 0.6 is 11.3 Å². The van der Waals surface area contributed by atoms with Crippen LogP contribution in [0.15, 0.2) is 17.1 Å². The molecule has 1 aliphatic carbocycles. The Bertz CT molecular complexity index is 800. The van der Waals surface area contributed by atoms with E-state index in [0.29, 0.717) is 23.8 Å². The second-order valence-corrected chi connectivity index (χ2v) is 7.34. The maximum absolute atomic E-state index is 12.3. The van der Waals surface area contributed by atoms with Gasteiger partial charge in [-0.2, -0.15) is 4.99 Å². The molecule has 0 radical (unpaired) electrons. The van der Waals surface area contributed by atoms with Crippen LogP contribution < -0.4 is 14.3 Å². The number of fused-ring (bicyclic) bond motifs is 1. The number of aryl methyl sites for hydroxylation is 1. The molecule has 0 bridgehead atoms. The van der Waals surface area contributed by atoms with Crippen molar-refractivity contribution in [2.24, 2.45) is 18.0 Å². The van der Waals surface area contributed by atoms with E-state index in [1.807, 2.05) is 23.7 Å². The highest BCUT2D eigenvalue weighted by Crippen LogP contribution is 2.33. The molecular formula is C18H24N2O3S. The average molecular weight is 348 g/mol. The smallest absolute Gasteiger partial charge is 0.248 e. The van der Waals surface area contributed by atoms with Gasteiger partial charge in [-0.3, -0.25) is 4.79 Å². The van der Waals surface area contributed by atoms with Crippen LogP contribution in [0.3, 0.4) is 0 Å². The van der Waals surface area contributed by atoms with Crippen molar-refractivity contribution in [3.05, 3.63) is 16.9 Å². The van der Waals surface area contributed by atoms with Gasteiger partial charge in [0.05, 0.1) is 24.4 Å². The molecule has 1 aromatic carbocycles. The third kappa shape index (κ3) is 3.48. The van der Waals surface area contributed by atoms with Crippen molar-refractivity contribution in [3.8, 4) is 11.5 Å². The molecule has 0 saturated heterocycles. The quantitative estimate of drug-likeness (QED) is 0.847. The van der Waals surface area contributed by atoms with Crippen LogP contribution in [0.5, 0.6) is 11.5 Å². The summed E-state index contributed by atoms with van der Waals surface area (Å²) < 4.78 is 13.7. The fraction of sp³-hybridized carbons (Fsp3) is 0.556. The van der Waals surface area contributed by atoms with Crippen molar-refractivity contribution in [2.45, 2.75) is 38.5 Å². The number of benzene rings is 1. The lowest BCUT2D eigenvalue weighted by Gasteiger charge is -2.19. The predicted octanol–water partition coefficient (Wildman–Crippen LogP) is 3.65. The highest BCUT2D eigenvalue weighted by molar-refractivity contribution is 7.16. The van der Waals surface area contributed by atoms with Crippen molar-refractivity contribution in [1.29, 1.82) is 0 Å². The molecule has 6 heteroatoms. The van der Waals surface area contributed by atoms with Crippen LogP contribution in [0.1, 0.15) is 38.5 Å². The van der Waals surface area contributed by atoms with E-state index in [1.54, 1.807) is 14.2 Å². The topological polar surface area (TPSA) is 52.8 Å². The van der Waals surface area contributed by atoms with E-state index in [2.05, 4.69) is 4.99 Å². The van der Waals surface area contributed by atoms with E-state index < -0.39 is 0 Å². The molecule has 3 rings (SSSR count). The van der Waals surface area contributed by atoms with Crippen molar-refractivity contribution in [3.63, 3.8) is 0 Å². The first-order chi connectivity index (χ1) is 11.6. The number of ether oxygens (including phenoxy) is 2. The normalized spacial score (nSPS) is 16.5. The van der Waals surface area contributed by atoms with Gasteiger partial charge in [0.1, 0.15) is 0 Å². The molecule has 0 aliphatic heterocycles. The van der Waals surface area contributed by atoms with Gasteiger partial charge in [-0.25, -0.2) is 0 Å². The third-order valence-corrected chi connectivity index (χ3v) is 5.82. The number of methoxy groups -OCH3 is 2. The summed E-state index contributed by atoms with van der Waals surface area (Å²) >= 11 is 1.50. The minimum absolute atomic E-state index is 0.0111. The summed E-state index contributed by atoms with van der Waals surface area (Å²) in [5.41, 5.74) is 0.988. The second kappa shape index (κ2) is 7.38. The molecule has 2 aromatic rings. The Kier molecular flexibility index (Phi) is 5.23. The zero-order valence-electron chi connectivity index (χ0n) is 14.5. The fourth-order valence-corrected chi connectivity index (χ4v) is 4.40. The lowest BCUT2D eigenvalue weighted by Crippen LogP contribution is -2.16. The first-order valence-electron chi connectivity index (χ1n) is 8.41. The van der Waals surface area contributed by atoms with Crippen LogP contribution in [0.2, 0.25) is 0 Å². The lowest BCUT2D eigenvalue weighted by molar-refractivity contribution is -0.119. The molecule has 0 spiro atoms. The van der Waals surface area contributed by atoms with Crippen LogP contribution in [-0.4, -0.2) is 24.7 Å². The van der Waals surface area contributed by atoms with Crippen molar-refractivity contribution in [1.82, 2.24) is 4.57 Å². The van der Waals surface area contributed by atoms with Gasteiger partial charge >= 0.3 is 0 Å². The van der Waals surface area contributed by atoms with E-state index in [0.717, 1.165) is 27.9 Å². The van der Waals surface area contributed by atoms with Gasteiger partial charge in [-0.1, -0.05) is 30.6 Å². The SMILES string of the molecule is COc1cc2sc(=NC(=O)CC3CCCCC3)n(C)c2cc1OC. The first-order valence-corrected chi connectivity index (χ1v) is 9.23. The number of nitrogens with zero attached hydrogens (tertiary/aromatic N) is 2. The minimum atomic E-state index is -0.0111. The van der Waals surface area contributed by atoms with Gasteiger partial charge in [0.25, 0.3) is 0 Å². The Balaban J connectivity index is 1.90. The number of hydrogen-bond donors (Lipinski definition) is 0. The third-order valence-electron chi connectivity index (χ3n) is 4.72. The van der Waals surface area contributed by atoms with Gasteiger partial charge in [0.2, 0.25) is 5.91 Å². The summed E-state index contributed by atoms with van der Waals surface area (Å²) in [6, 6.07) is 3.86. The molecule has 0 atom stereocenters. The zero-order valence-corrected chi connectivity index (χ0v) is 15.3. The number of carbonyl (C=O) groups is 1. The largest absolute Gasteiger partial charge is 0.493 e. The van der Waals surface area contributed by atoms with Crippen molar-refractivity contribution in [2.75, 3.05) is 14.2 Å². The summed E-state index contributed by atoms with van der Waals surface area (Å²) in [4.78, 5) is 17.4. The Hall–Kier alpha value is -1.82. The van der Waals surface area contributed by atoms with Gasteiger partial charge in [-0.15, -0.1) is 0 Å². The summed E-state index contributed by atoms with van der Waals surface area (Å²) in [7, 11) is 5.17. The highest BCUT2D eigenvalue weighted by atomic mass is 32.1. The van der Waals surface area contributed by atoms with Gasteiger partial charge < -0.3 is 14.0 Å². The minimum Gasteiger partial charge on any atom is -0.493 e. The molecule has 1 fully saturated rings. The summed E-state index contributed by atoms with van der Waals surface area (Å²) in [5, 5.41) is 0. The molecule has 1 heterocycles. The number of carbonyl (C=O) groups excluding carboxylic acids is 1. The zero-order chi connectivity index (χ0) is 17.1. The van der Waals surface area contributed by atoms with Crippen LogP contribution in [0.4, 0.5) is 0 Å². The van der Waals surface area contributed by atoms with E-state index in [-0.39, 0.29) is 5.91 Å². The first kappa shape index (κ1) is 17.0. The van der Waals surface area contributed by atoms with Gasteiger partial charge in [0, 0.05) is 25.6 Å². The van der Waals surface area contributed by atoms with Crippen LogP contribution in [0.25, 0.3) is 10.2 Å². The number of rotatable bonds is 4. The van der Waals surface area contributed by atoms with Gasteiger partial charge in [0.15, 0.2) is 16.3 Å².